The SMILES string of the molecule is CCN1CCN(C(=O)CCN(Cc2ccc(F)cc2)C(=O)c2cnccn2)CC1. The summed E-state index contributed by atoms with van der Waals surface area (Å²) in [5.74, 6) is -0.593. The van der Waals surface area contributed by atoms with E-state index in [4.69, 9.17) is 0 Å². The van der Waals surface area contributed by atoms with Gasteiger partial charge in [-0.3, -0.25) is 14.6 Å². The molecule has 2 heterocycles. The molecule has 154 valence electrons. The van der Waals surface area contributed by atoms with Crippen molar-refractivity contribution in [3.05, 3.63) is 59.9 Å². The summed E-state index contributed by atoms with van der Waals surface area (Å²) in [6, 6.07) is 5.99. The van der Waals surface area contributed by atoms with E-state index in [-0.39, 0.29) is 42.8 Å². The molecule has 1 saturated heterocycles. The van der Waals surface area contributed by atoms with Crippen LogP contribution in [-0.4, -0.2) is 75.8 Å². The molecule has 0 radical (unpaired) electrons. The molecule has 0 unspecified atom stereocenters. The molecule has 1 aromatic carbocycles. The normalized spacial score (nSPS) is 14.6. The molecule has 0 bridgehead atoms. The minimum atomic E-state index is -0.332. The number of rotatable bonds is 7. The highest BCUT2D eigenvalue weighted by Gasteiger charge is 2.23. The lowest BCUT2D eigenvalue weighted by Crippen LogP contribution is -2.49. The largest absolute Gasteiger partial charge is 0.340 e. The van der Waals surface area contributed by atoms with Gasteiger partial charge < -0.3 is 14.7 Å². The summed E-state index contributed by atoms with van der Waals surface area (Å²) in [5, 5.41) is 0. The van der Waals surface area contributed by atoms with Crippen LogP contribution in [0.25, 0.3) is 0 Å². The van der Waals surface area contributed by atoms with E-state index in [0.29, 0.717) is 13.1 Å². The third kappa shape index (κ3) is 5.80. The predicted octanol–water partition coefficient (Wildman–Crippen LogP) is 1.81. The lowest BCUT2D eigenvalue weighted by Gasteiger charge is -2.34. The summed E-state index contributed by atoms with van der Waals surface area (Å²) in [6.45, 7) is 6.81. The molecule has 0 saturated carbocycles. The highest BCUT2D eigenvalue weighted by atomic mass is 19.1. The predicted molar refractivity (Wildman–Crippen MR) is 106 cm³/mol. The van der Waals surface area contributed by atoms with Crippen LogP contribution in [0.15, 0.2) is 42.9 Å². The van der Waals surface area contributed by atoms with Gasteiger partial charge in [0.15, 0.2) is 0 Å². The Morgan fingerprint density at radius 2 is 1.83 bits per heavy atom. The van der Waals surface area contributed by atoms with Gasteiger partial charge in [-0.05, 0) is 24.2 Å². The first-order valence-corrected chi connectivity index (χ1v) is 9.86. The third-order valence-electron chi connectivity index (χ3n) is 5.12. The van der Waals surface area contributed by atoms with Gasteiger partial charge in [0.1, 0.15) is 11.5 Å². The molecule has 2 amide bonds. The van der Waals surface area contributed by atoms with Crippen molar-refractivity contribution in [2.75, 3.05) is 39.3 Å². The number of halogens is 1. The van der Waals surface area contributed by atoms with Gasteiger partial charge in [-0.15, -0.1) is 0 Å². The molecule has 8 heteroatoms. The zero-order valence-electron chi connectivity index (χ0n) is 16.6. The molecule has 0 atom stereocenters. The molecule has 0 N–H and O–H groups in total. The number of hydrogen-bond donors (Lipinski definition) is 0. The van der Waals surface area contributed by atoms with Gasteiger partial charge in [-0.2, -0.15) is 0 Å². The number of carbonyl (C=O) groups is 2. The van der Waals surface area contributed by atoms with Crippen molar-refractivity contribution in [2.24, 2.45) is 0 Å². The Morgan fingerprint density at radius 1 is 1.10 bits per heavy atom. The van der Waals surface area contributed by atoms with Crippen LogP contribution in [0.1, 0.15) is 29.4 Å². The maximum atomic E-state index is 13.2. The first kappa shape index (κ1) is 20.9. The van der Waals surface area contributed by atoms with E-state index in [1.54, 1.807) is 17.0 Å². The summed E-state index contributed by atoms with van der Waals surface area (Å²) in [4.78, 5) is 39.3. The quantitative estimate of drug-likeness (QED) is 0.710. The van der Waals surface area contributed by atoms with Gasteiger partial charge in [0.25, 0.3) is 5.91 Å². The Morgan fingerprint density at radius 3 is 2.45 bits per heavy atom. The molecule has 7 nitrogen and oxygen atoms in total. The second-order valence-electron chi connectivity index (χ2n) is 7.01. The van der Waals surface area contributed by atoms with Crippen molar-refractivity contribution in [3.63, 3.8) is 0 Å². The maximum absolute atomic E-state index is 13.2. The van der Waals surface area contributed by atoms with Crippen molar-refractivity contribution >= 4 is 11.8 Å². The van der Waals surface area contributed by atoms with E-state index in [0.717, 1.165) is 25.2 Å². The molecule has 0 spiro atoms. The van der Waals surface area contributed by atoms with E-state index >= 15 is 0 Å². The monoisotopic (exact) mass is 399 g/mol. The molecule has 1 aromatic heterocycles. The first-order valence-electron chi connectivity index (χ1n) is 9.86. The second kappa shape index (κ2) is 10.1. The zero-order valence-corrected chi connectivity index (χ0v) is 16.6. The van der Waals surface area contributed by atoms with Gasteiger partial charge in [-0.25, -0.2) is 9.37 Å². The molecular formula is C21H26FN5O2. The second-order valence-corrected chi connectivity index (χ2v) is 7.01. The van der Waals surface area contributed by atoms with Crippen LogP contribution in [0.4, 0.5) is 4.39 Å². The Kier molecular flexibility index (Phi) is 7.24. The minimum Gasteiger partial charge on any atom is -0.340 e. The minimum absolute atomic E-state index is 0.0387. The van der Waals surface area contributed by atoms with Crippen LogP contribution in [0.5, 0.6) is 0 Å². The van der Waals surface area contributed by atoms with Gasteiger partial charge in [0.2, 0.25) is 5.91 Å². The van der Waals surface area contributed by atoms with E-state index in [2.05, 4.69) is 21.8 Å². The van der Waals surface area contributed by atoms with E-state index in [9.17, 15) is 14.0 Å². The van der Waals surface area contributed by atoms with E-state index in [1.807, 2.05) is 4.90 Å². The van der Waals surface area contributed by atoms with Crippen LogP contribution in [0.3, 0.4) is 0 Å². The molecule has 2 aromatic rings. The van der Waals surface area contributed by atoms with Crippen LogP contribution in [0.2, 0.25) is 0 Å². The smallest absolute Gasteiger partial charge is 0.274 e. The average Bonchev–Trinajstić information content (AvgIpc) is 2.78. The van der Waals surface area contributed by atoms with Gasteiger partial charge >= 0.3 is 0 Å². The van der Waals surface area contributed by atoms with Crippen LogP contribution >= 0.6 is 0 Å². The number of benzene rings is 1. The van der Waals surface area contributed by atoms with Crippen LogP contribution in [-0.2, 0) is 11.3 Å². The fraction of sp³-hybridized carbons (Fsp3) is 0.429. The Balaban J connectivity index is 1.65. The highest BCUT2D eigenvalue weighted by molar-refractivity contribution is 5.92. The number of likely N-dealkylation sites (N-methyl/N-ethyl adjacent to an activating group) is 1. The van der Waals surface area contributed by atoms with Gasteiger partial charge in [0, 0.05) is 58.1 Å². The number of carbonyl (C=O) groups excluding carboxylic acids is 2. The number of hydrogen-bond acceptors (Lipinski definition) is 5. The molecular weight excluding hydrogens is 373 g/mol. The summed E-state index contributed by atoms with van der Waals surface area (Å²) in [7, 11) is 0. The lowest BCUT2D eigenvalue weighted by molar-refractivity contribution is -0.133. The molecule has 0 aliphatic carbocycles. The Hall–Kier alpha value is -2.87. The summed E-state index contributed by atoms with van der Waals surface area (Å²) < 4.78 is 13.2. The highest BCUT2D eigenvalue weighted by Crippen LogP contribution is 2.12. The summed E-state index contributed by atoms with van der Waals surface area (Å²) >= 11 is 0. The van der Waals surface area contributed by atoms with E-state index < -0.39 is 0 Å². The molecule has 1 aliphatic heterocycles. The van der Waals surface area contributed by atoms with Crippen molar-refractivity contribution in [1.82, 2.24) is 24.7 Å². The van der Waals surface area contributed by atoms with Gasteiger partial charge in [0.05, 0.1) is 6.20 Å². The van der Waals surface area contributed by atoms with E-state index in [1.165, 1.54) is 30.7 Å². The molecule has 3 rings (SSSR count). The lowest BCUT2D eigenvalue weighted by atomic mass is 10.2. The number of piperazine rings is 1. The molecule has 1 aliphatic rings. The standard InChI is InChI=1S/C21H26FN5O2/c1-2-25-11-13-26(14-12-25)20(28)7-10-27(16-17-3-5-18(22)6-4-17)21(29)19-15-23-8-9-24-19/h3-6,8-9,15H,2,7,10-14,16H2,1H3. The fourth-order valence-corrected chi connectivity index (χ4v) is 3.34. The van der Waals surface area contributed by atoms with Gasteiger partial charge in [-0.1, -0.05) is 19.1 Å². The Labute approximate surface area is 170 Å². The topological polar surface area (TPSA) is 69.6 Å². The van der Waals surface area contributed by atoms with Crippen molar-refractivity contribution < 1.29 is 14.0 Å². The number of aromatic nitrogens is 2. The third-order valence-corrected chi connectivity index (χ3v) is 5.12. The summed E-state index contributed by atoms with van der Waals surface area (Å²) in [5.41, 5.74) is 1.01. The summed E-state index contributed by atoms with van der Waals surface area (Å²) in [6.07, 6.45) is 4.60. The zero-order chi connectivity index (χ0) is 20.6. The first-order chi connectivity index (χ1) is 14.1. The van der Waals surface area contributed by atoms with Crippen molar-refractivity contribution in [1.29, 1.82) is 0 Å². The van der Waals surface area contributed by atoms with Crippen LogP contribution < -0.4 is 0 Å². The van der Waals surface area contributed by atoms with Crippen molar-refractivity contribution in [3.8, 4) is 0 Å². The Bertz CT molecular complexity index is 808. The number of amides is 2. The number of nitrogens with zero attached hydrogens (tertiary/aromatic N) is 5. The van der Waals surface area contributed by atoms with Crippen LogP contribution in [0, 0.1) is 5.82 Å². The van der Waals surface area contributed by atoms with Crippen molar-refractivity contribution in [2.45, 2.75) is 19.9 Å². The molecule has 29 heavy (non-hydrogen) atoms. The maximum Gasteiger partial charge on any atom is 0.274 e. The fourth-order valence-electron chi connectivity index (χ4n) is 3.34. The average molecular weight is 399 g/mol. The molecule has 1 fully saturated rings.